The monoisotopic (exact) mass is 313 g/mol. The van der Waals surface area contributed by atoms with Crippen LogP contribution in [0.3, 0.4) is 0 Å². The molecule has 1 aromatic carbocycles. The van der Waals surface area contributed by atoms with Crippen LogP contribution in [0.4, 0.5) is 4.79 Å². The summed E-state index contributed by atoms with van der Waals surface area (Å²) in [6.07, 6.45) is 0.403. The van der Waals surface area contributed by atoms with Crippen LogP contribution < -0.4 is 10.1 Å². The highest BCUT2D eigenvalue weighted by Gasteiger charge is 2.54. The second kappa shape index (κ2) is 4.84. The van der Waals surface area contributed by atoms with Crippen molar-refractivity contribution in [2.24, 2.45) is 0 Å². The maximum atomic E-state index is 13.0. The molecule has 3 amide bonds. The number of amides is 3. The average Bonchev–Trinajstić information content (AvgIpc) is 3.06. The Labute approximate surface area is 132 Å². The zero-order chi connectivity index (χ0) is 16.0. The van der Waals surface area contributed by atoms with E-state index in [1.54, 1.807) is 19.1 Å². The minimum Gasteiger partial charge on any atom is -0.493 e. The van der Waals surface area contributed by atoms with Gasteiger partial charge in [0.15, 0.2) is 11.3 Å². The second-order valence-corrected chi connectivity index (χ2v) is 5.76. The van der Waals surface area contributed by atoms with Crippen LogP contribution in [-0.2, 0) is 16.9 Å². The summed E-state index contributed by atoms with van der Waals surface area (Å²) in [6, 6.07) is 8.57. The van der Waals surface area contributed by atoms with Crippen molar-refractivity contribution in [3.63, 3.8) is 0 Å². The van der Waals surface area contributed by atoms with Crippen LogP contribution in [0, 0.1) is 6.92 Å². The van der Waals surface area contributed by atoms with Crippen LogP contribution >= 0.6 is 0 Å². The van der Waals surface area contributed by atoms with Crippen LogP contribution in [0.2, 0.25) is 0 Å². The molecule has 0 saturated carbocycles. The number of aryl methyl sites for hydroxylation is 1. The number of carbonyl (C=O) groups excluding carboxylic acids is 2. The molecular weight excluding hydrogens is 298 g/mol. The highest BCUT2D eigenvalue weighted by molar-refractivity contribution is 6.07. The van der Waals surface area contributed by atoms with Gasteiger partial charge in [-0.2, -0.15) is 0 Å². The summed E-state index contributed by atoms with van der Waals surface area (Å²) in [5, 5.41) is 6.63. The number of rotatable bonds is 2. The summed E-state index contributed by atoms with van der Waals surface area (Å²) < 4.78 is 10.7. The van der Waals surface area contributed by atoms with Crippen molar-refractivity contribution in [2.75, 3.05) is 6.61 Å². The first kappa shape index (κ1) is 13.8. The van der Waals surface area contributed by atoms with Gasteiger partial charge in [0.25, 0.3) is 5.91 Å². The number of imide groups is 1. The highest BCUT2D eigenvalue weighted by Crippen LogP contribution is 2.41. The molecule has 1 N–H and O–H groups in total. The molecule has 23 heavy (non-hydrogen) atoms. The van der Waals surface area contributed by atoms with Gasteiger partial charge in [-0.1, -0.05) is 23.4 Å². The molecule has 0 unspecified atom stereocenters. The predicted octanol–water partition coefficient (Wildman–Crippen LogP) is 1.71. The molecule has 2 aliphatic heterocycles. The number of hydrogen-bond acceptors (Lipinski definition) is 5. The number of aromatic nitrogens is 1. The number of benzene rings is 1. The standard InChI is InChI=1S/C16H15N3O4/c1-10-8-11(23-18-10)9-19-14(20)16(17-15(19)21)6-7-22-13-5-3-2-4-12(13)16/h2-5,8H,6-7,9H2,1H3,(H,17,21)/t16-/m1/s1. The van der Waals surface area contributed by atoms with Crippen molar-refractivity contribution in [1.82, 2.24) is 15.4 Å². The van der Waals surface area contributed by atoms with E-state index < -0.39 is 11.6 Å². The van der Waals surface area contributed by atoms with E-state index in [9.17, 15) is 9.59 Å². The van der Waals surface area contributed by atoms with E-state index >= 15 is 0 Å². The Morgan fingerprint density at radius 3 is 2.96 bits per heavy atom. The molecule has 0 aliphatic carbocycles. The van der Waals surface area contributed by atoms with Crippen LogP contribution in [0.1, 0.15) is 23.4 Å². The lowest BCUT2D eigenvalue weighted by Gasteiger charge is -2.33. The molecular formula is C16H15N3O4. The number of carbonyl (C=O) groups is 2. The number of nitrogens with one attached hydrogen (secondary N) is 1. The summed E-state index contributed by atoms with van der Waals surface area (Å²) in [5.41, 5.74) is 0.347. The fraction of sp³-hybridized carbons (Fsp3) is 0.312. The van der Waals surface area contributed by atoms with E-state index in [-0.39, 0.29) is 12.5 Å². The van der Waals surface area contributed by atoms with Gasteiger partial charge in [-0.05, 0) is 13.0 Å². The normalized spacial score (nSPS) is 22.9. The average molecular weight is 313 g/mol. The van der Waals surface area contributed by atoms with Crippen LogP contribution in [0.15, 0.2) is 34.9 Å². The summed E-state index contributed by atoms with van der Waals surface area (Å²) in [6.45, 7) is 2.23. The Morgan fingerprint density at radius 2 is 2.17 bits per heavy atom. The Morgan fingerprint density at radius 1 is 1.35 bits per heavy atom. The van der Waals surface area contributed by atoms with Crippen LogP contribution in [0.5, 0.6) is 5.75 Å². The molecule has 2 aliphatic rings. The molecule has 0 radical (unpaired) electrons. The van der Waals surface area contributed by atoms with Crippen LogP contribution in [-0.4, -0.2) is 28.6 Å². The Balaban J connectivity index is 1.70. The van der Waals surface area contributed by atoms with E-state index in [2.05, 4.69) is 10.5 Å². The van der Waals surface area contributed by atoms with Crippen molar-refractivity contribution in [3.05, 3.63) is 47.3 Å². The van der Waals surface area contributed by atoms with Gasteiger partial charge in [-0.15, -0.1) is 0 Å². The fourth-order valence-corrected chi connectivity index (χ4v) is 3.16. The third-order valence-electron chi connectivity index (χ3n) is 4.25. The van der Waals surface area contributed by atoms with Crippen molar-refractivity contribution in [1.29, 1.82) is 0 Å². The minimum absolute atomic E-state index is 0.0658. The summed E-state index contributed by atoms with van der Waals surface area (Å²) >= 11 is 0. The van der Waals surface area contributed by atoms with Crippen molar-refractivity contribution >= 4 is 11.9 Å². The van der Waals surface area contributed by atoms with Crippen LogP contribution in [0.25, 0.3) is 0 Å². The van der Waals surface area contributed by atoms with Gasteiger partial charge in [0, 0.05) is 18.1 Å². The van der Waals surface area contributed by atoms with Gasteiger partial charge in [-0.3, -0.25) is 9.69 Å². The predicted molar refractivity (Wildman–Crippen MR) is 78.6 cm³/mol. The van der Waals surface area contributed by atoms with Crippen molar-refractivity contribution in [2.45, 2.75) is 25.4 Å². The first-order chi connectivity index (χ1) is 11.1. The van der Waals surface area contributed by atoms with E-state index in [1.807, 2.05) is 18.2 Å². The maximum Gasteiger partial charge on any atom is 0.325 e. The number of fused-ring (bicyclic) bond motifs is 2. The van der Waals surface area contributed by atoms with Crippen molar-refractivity contribution < 1.29 is 18.8 Å². The van der Waals surface area contributed by atoms with E-state index in [4.69, 9.17) is 9.26 Å². The molecule has 1 fully saturated rings. The molecule has 3 heterocycles. The summed E-state index contributed by atoms with van der Waals surface area (Å²) in [4.78, 5) is 26.5. The molecule has 4 rings (SSSR count). The smallest absolute Gasteiger partial charge is 0.325 e. The Kier molecular flexibility index (Phi) is 2.90. The number of hydrogen-bond donors (Lipinski definition) is 1. The number of ether oxygens (including phenoxy) is 1. The lowest BCUT2D eigenvalue weighted by Crippen LogP contribution is -2.47. The number of nitrogens with zero attached hydrogens (tertiary/aromatic N) is 2. The minimum atomic E-state index is -1.05. The van der Waals surface area contributed by atoms with Gasteiger partial charge < -0.3 is 14.6 Å². The zero-order valence-corrected chi connectivity index (χ0v) is 12.5. The molecule has 1 aromatic heterocycles. The first-order valence-corrected chi connectivity index (χ1v) is 7.39. The largest absolute Gasteiger partial charge is 0.493 e. The molecule has 7 nitrogen and oxygen atoms in total. The quantitative estimate of drug-likeness (QED) is 0.853. The summed E-state index contributed by atoms with van der Waals surface area (Å²) in [7, 11) is 0. The Hall–Kier alpha value is -2.83. The topological polar surface area (TPSA) is 84.7 Å². The fourth-order valence-electron chi connectivity index (χ4n) is 3.16. The lowest BCUT2D eigenvalue weighted by molar-refractivity contribution is -0.133. The Bertz CT molecular complexity index is 800. The molecule has 1 saturated heterocycles. The van der Waals surface area contributed by atoms with Crippen molar-refractivity contribution in [3.8, 4) is 5.75 Å². The van der Waals surface area contributed by atoms with E-state index in [1.165, 1.54) is 4.90 Å². The second-order valence-electron chi connectivity index (χ2n) is 5.76. The molecule has 1 spiro atoms. The molecule has 7 heteroatoms. The molecule has 118 valence electrons. The van der Waals surface area contributed by atoms with E-state index in [0.29, 0.717) is 35.8 Å². The van der Waals surface area contributed by atoms with Gasteiger partial charge in [-0.25, -0.2) is 4.79 Å². The maximum absolute atomic E-state index is 13.0. The number of urea groups is 1. The molecule has 2 aromatic rings. The van der Waals surface area contributed by atoms with Gasteiger partial charge >= 0.3 is 6.03 Å². The molecule has 0 bridgehead atoms. The SMILES string of the molecule is Cc1cc(CN2C(=O)N[C@@]3(CCOc4ccccc43)C2=O)on1. The van der Waals surface area contributed by atoms with Gasteiger partial charge in [0.05, 0.1) is 18.8 Å². The summed E-state index contributed by atoms with van der Waals surface area (Å²) in [5.74, 6) is 0.820. The van der Waals surface area contributed by atoms with Gasteiger partial charge in [0.1, 0.15) is 5.75 Å². The van der Waals surface area contributed by atoms with Gasteiger partial charge in [0.2, 0.25) is 0 Å². The number of para-hydroxylation sites is 1. The highest BCUT2D eigenvalue weighted by atomic mass is 16.5. The third kappa shape index (κ3) is 2.00. The van der Waals surface area contributed by atoms with E-state index in [0.717, 1.165) is 0 Å². The first-order valence-electron chi connectivity index (χ1n) is 7.39. The third-order valence-corrected chi connectivity index (χ3v) is 4.25. The zero-order valence-electron chi connectivity index (χ0n) is 12.5. The molecule has 1 atom stereocenters. The lowest BCUT2D eigenvalue weighted by atomic mass is 9.84.